The minimum Gasteiger partial charge on any atom is -0.349 e. The molecule has 1 amide bonds. The summed E-state index contributed by atoms with van der Waals surface area (Å²) in [7, 11) is 0. The zero-order valence-electron chi connectivity index (χ0n) is 13.0. The van der Waals surface area contributed by atoms with Crippen LogP contribution in [0.2, 0.25) is 0 Å². The van der Waals surface area contributed by atoms with Gasteiger partial charge in [-0.25, -0.2) is 4.39 Å². The first kappa shape index (κ1) is 16.0. The Morgan fingerprint density at radius 3 is 2.38 bits per heavy atom. The number of nitrogens with one attached hydrogen (secondary N) is 1. The quantitative estimate of drug-likeness (QED) is 0.899. The second-order valence-corrected chi connectivity index (χ2v) is 7.13. The SMILES string of the molecule is CC(C)(C)C(NC(=O)C1CCC(N)C1)c1ccc(F)cc1. The van der Waals surface area contributed by atoms with E-state index in [1.165, 1.54) is 12.1 Å². The molecule has 3 N–H and O–H groups in total. The standard InChI is InChI=1S/C17H25FN2O/c1-17(2,3)15(11-4-7-13(18)8-5-11)20-16(21)12-6-9-14(19)10-12/h4-5,7-8,12,14-15H,6,9-10,19H2,1-3H3,(H,20,21). The number of hydrogen-bond acceptors (Lipinski definition) is 2. The maximum atomic E-state index is 13.1. The molecule has 1 fully saturated rings. The van der Waals surface area contributed by atoms with Gasteiger partial charge in [0.2, 0.25) is 5.91 Å². The average molecular weight is 292 g/mol. The molecule has 0 bridgehead atoms. The first-order valence-corrected chi connectivity index (χ1v) is 7.59. The van der Waals surface area contributed by atoms with Gasteiger partial charge in [-0.05, 0) is 42.4 Å². The van der Waals surface area contributed by atoms with Crippen molar-refractivity contribution in [2.24, 2.45) is 17.1 Å². The third-order valence-electron chi connectivity index (χ3n) is 4.20. The van der Waals surface area contributed by atoms with E-state index < -0.39 is 0 Å². The fourth-order valence-corrected chi connectivity index (χ4v) is 2.97. The molecule has 1 aromatic rings. The molecule has 1 aromatic carbocycles. The lowest BCUT2D eigenvalue weighted by molar-refractivity contribution is -0.126. The van der Waals surface area contributed by atoms with Crippen LogP contribution < -0.4 is 11.1 Å². The first-order valence-electron chi connectivity index (χ1n) is 7.59. The van der Waals surface area contributed by atoms with Gasteiger partial charge in [-0.2, -0.15) is 0 Å². The van der Waals surface area contributed by atoms with Crippen LogP contribution >= 0.6 is 0 Å². The number of halogens is 1. The highest BCUT2D eigenvalue weighted by atomic mass is 19.1. The maximum absolute atomic E-state index is 13.1. The van der Waals surface area contributed by atoms with Crippen LogP contribution in [0.4, 0.5) is 4.39 Å². The van der Waals surface area contributed by atoms with Crippen molar-refractivity contribution >= 4 is 5.91 Å². The molecular weight excluding hydrogens is 267 g/mol. The molecule has 4 heteroatoms. The Morgan fingerprint density at radius 2 is 1.90 bits per heavy atom. The number of hydrogen-bond donors (Lipinski definition) is 2. The van der Waals surface area contributed by atoms with Gasteiger partial charge in [0, 0.05) is 12.0 Å². The number of benzene rings is 1. The van der Waals surface area contributed by atoms with Crippen LogP contribution in [0.15, 0.2) is 24.3 Å². The van der Waals surface area contributed by atoms with E-state index in [2.05, 4.69) is 26.1 Å². The van der Waals surface area contributed by atoms with Gasteiger partial charge >= 0.3 is 0 Å². The number of nitrogens with two attached hydrogens (primary N) is 1. The van der Waals surface area contributed by atoms with E-state index in [0.717, 1.165) is 24.8 Å². The Bertz CT molecular complexity index is 493. The fraction of sp³-hybridized carbons (Fsp3) is 0.588. The predicted molar refractivity (Wildman–Crippen MR) is 82.1 cm³/mol. The van der Waals surface area contributed by atoms with Crippen molar-refractivity contribution in [1.29, 1.82) is 0 Å². The van der Waals surface area contributed by atoms with Crippen LogP contribution in [0, 0.1) is 17.2 Å². The van der Waals surface area contributed by atoms with Crippen LogP contribution in [-0.2, 0) is 4.79 Å². The molecule has 0 radical (unpaired) electrons. The summed E-state index contributed by atoms with van der Waals surface area (Å²) in [4.78, 5) is 12.4. The molecule has 1 aliphatic carbocycles. The average Bonchev–Trinajstić information content (AvgIpc) is 2.82. The molecule has 3 unspecified atom stereocenters. The fourth-order valence-electron chi connectivity index (χ4n) is 2.97. The van der Waals surface area contributed by atoms with Crippen LogP contribution in [0.1, 0.15) is 51.6 Å². The van der Waals surface area contributed by atoms with Crippen molar-refractivity contribution in [1.82, 2.24) is 5.32 Å². The summed E-state index contributed by atoms with van der Waals surface area (Å²) in [5, 5.41) is 3.14. The summed E-state index contributed by atoms with van der Waals surface area (Å²) in [6.07, 6.45) is 2.52. The monoisotopic (exact) mass is 292 g/mol. The molecule has 0 aliphatic heterocycles. The second kappa shape index (κ2) is 6.14. The third-order valence-corrected chi connectivity index (χ3v) is 4.20. The second-order valence-electron chi connectivity index (χ2n) is 7.13. The zero-order chi connectivity index (χ0) is 15.6. The predicted octanol–water partition coefficient (Wildman–Crippen LogP) is 3.16. The van der Waals surface area contributed by atoms with Gasteiger partial charge in [-0.1, -0.05) is 32.9 Å². The van der Waals surface area contributed by atoms with Crippen molar-refractivity contribution in [3.8, 4) is 0 Å². The highest BCUT2D eigenvalue weighted by Crippen LogP contribution is 2.34. The van der Waals surface area contributed by atoms with Crippen LogP contribution in [-0.4, -0.2) is 11.9 Å². The van der Waals surface area contributed by atoms with Gasteiger partial charge < -0.3 is 11.1 Å². The number of carbonyl (C=O) groups is 1. The number of carbonyl (C=O) groups excluding carboxylic acids is 1. The third kappa shape index (κ3) is 4.03. The Labute approximate surface area is 126 Å². The van der Waals surface area contributed by atoms with Gasteiger partial charge in [0.1, 0.15) is 5.82 Å². The number of rotatable bonds is 3. The molecular formula is C17H25FN2O. The van der Waals surface area contributed by atoms with Crippen LogP contribution in [0.3, 0.4) is 0 Å². The molecule has 0 aromatic heterocycles. The van der Waals surface area contributed by atoms with Crippen molar-refractivity contribution in [2.75, 3.05) is 0 Å². The summed E-state index contributed by atoms with van der Waals surface area (Å²) in [5.41, 5.74) is 6.67. The van der Waals surface area contributed by atoms with E-state index in [9.17, 15) is 9.18 Å². The lowest BCUT2D eigenvalue weighted by atomic mass is 9.82. The molecule has 3 nitrogen and oxygen atoms in total. The van der Waals surface area contributed by atoms with Gasteiger partial charge in [-0.3, -0.25) is 4.79 Å². The van der Waals surface area contributed by atoms with Gasteiger partial charge in [0.15, 0.2) is 0 Å². The summed E-state index contributed by atoms with van der Waals surface area (Å²) in [5.74, 6) is -0.197. The van der Waals surface area contributed by atoms with E-state index in [1.54, 1.807) is 12.1 Å². The van der Waals surface area contributed by atoms with Crippen molar-refractivity contribution in [2.45, 2.75) is 52.1 Å². The molecule has 21 heavy (non-hydrogen) atoms. The van der Waals surface area contributed by atoms with Crippen molar-refractivity contribution in [3.05, 3.63) is 35.6 Å². The Balaban J connectivity index is 2.14. The Hall–Kier alpha value is -1.42. The number of amides is 1. The van der Waals surface area contributed by atoms with Crippen LogP contribution in [0.5, 0.6) is 0 Å². The van der Waals surface area contributed by atoms with E-state index in [4.69, 9.17) is 5.73 Å². The molecule has 116 valence electrons. The van der Waals surface area contributed by atoms with Crippen LogP contribution in [0.25, 0.3) is 0 Å². The van der Waals surface area contributed by atoms with Gasteiger partial charge in [-0.15, -0.1) is 0 Å². The molecule has 2 rings (SSSR count). The highest BCUT2D eigenvalue weighted by Gasteiger charge is 2.33. The van der Waals surface area contributed by atoms with E-state index in [0.29, 0.717) is 0 Å². The zero-order valence-corrected chi connectivity index (χ0v) is 13.0. The minimum absolute atomic E-state index is 0.00491. The smallest absolute Gasteiger partial charge is 0.223 e. The summed E-state index contributed by atoms with van der Waals surface area (Å²) >= 11 is 0. The van der Waals surface area contributed by atoms with Gasteiger partial charge in [0.05, 0.1) is 6.04 Å². The normalized spacial score (nSPS) is 23.9. The summed E-state index contributed by atoms with van der Waals surface area (Å²) < 4.78 is 13.1. The van der Waals surface area contributed by atoms with Crippen molar-refractivity contribution in [3.63, 3.8) is 0 Å². The van der Waals surface area contributed by atoms with Gasteiger partial charge in [0.25, 0.3) is 0 Å². The van der Waals surface area contributed by atoms with E-state index >= 15 is 0 Å². The molecule has 0 spiro atoms. The lowest BCUT2D eigenvalue weighted by Crippen LogP contribution is -2.39. The topological polar surface area (TPSA) is 55.1 Å². The molecule has 1 aliphatic rings. The Kier molecular flexibility index (Phi) is 4.67. The molecule has 0 heterocycles. The molecule has 3 atom stereocenters. The minimum atomic E-state index is -0.264. The highest BCUT2D eigenvalue weighted by molar-refractivity contribution is 5.79. The molecule has 1 saturated carbocycles. The Morgan fingerprint density at radius 1 is 1.29 bits per heavy atom. The first-order chi connectivity index (χ1) is 9.77. The largest absolute Gasteiger partial charge is 0.349 e. The summed E-state index contributed by atoms with van der Waals surface area (Å²) in [6.45, 7) is 6.21. The molecule has 0 saturated heterocycles. The maximum Gasteiger partial charge on any atom is 0.223 e. The van der Waals surface area contributed by atoms with E-state index in [1.807, 2.05) is 0 Å². The van der Waals surface area contributed by atoms with Crippen molar-refractivity contribution < 1.29 is 9.18 Å². The van der Waals surface area contributed by atoms with E-state index in [-0.39, 0.29) is 35.1 Å². The summed E-state index contributed by atoms with van der Waals surface area (Å²) in [6, 6.07) is 6.36. The lowest BCUT2D eigenvalue weighted by Gasteiger charge is -2.33.